The van der Waals surface area contributed by atoms with Crippen LogP contribution in [0.2, 0.25) is 0 Å². The molecule has 5 fully saturated rings. The molecule has 204 valence electrons. The van der Waals surface area contributed by atoms with E-state index >= 15 is 0 Å². The van der Waals surface area contributed by atoms with E-state index in [4.69, 9.17) is 14.2 Å². The van der Waals surface area contributed by atoms with Gasteiger partial charge in [-0.1, -0.05) is 32.0 Å². The van der Waals surface area contributed by atoms with Crippen LogP contribution in [-0.2, 0) is 19.0 Å². The Labute approximate surface area is 226 Å². The molecule has 1 saturated heterocycles. The fraction of sp³-hybridized carbons (Fsp3) is 0.774. The molecule has 37 heavy (non-hydrogen) atoms. The minimum absolute atomic E-state index is 0.0243. The number of methoxy groups -OCH3 is 1. The highest BCUT2D eigenvalue weighted by molar-refractivity contribution is 8.00. The van der Waals surface area contributed by atoms with Gasteiger partial charge < -0.3 is 19.3 Å². The second kappa shape index (κ2) is 9.53. The smallest absolute Gasteiger partial charge is 0.314 e. The van der Waals surface area contributed by atoms with Crippen LogP contribution in [0.15, 0.2) is 35.2 Å². The van der Waals surface area contributed by atoms with E-state index in [2.05, 4.69) is 38.1 Å². The number of carbonyl (C=O) groups is 1. The highest BCUT2D eigenvalue weighted by Crippen LogP contribution is 2.74. The number of aliphatic hydroxyl groups is 1. The molecule has 11 atom stereocenters. The Balaban J connectivity index is 1.39. The van der Waals surface area contributed by atoms with Gasteiger partial charge in [0, 0.05) is 22.7 Å². The predicted octanol–water partition coefficient (Wildman–Crippen LogP) is 6.08. The lowest BCUT2D eigenvalue weighted by molar-refractivity contribution is -0.329. The van der Waals surface area contributed by atoms with Crippen LogP contribution in [0.1, 0.15) is 72.1 Å². The maximum Gasteiger partial charge on any atom is 0.314 e. The monoisotopic (exact) mass is 528 g/mol. The van der Waals surface area contributed by atoms with Gasteiger partial charge in [0.25, 0.3) is 0 Å². The summed E-state index contributed by atoms with van der Waals surface area (Å²) in [7, 11) is 1.87. The summed E-state index contributed by atoms with van der Waals surface area (Å²) in [5.74, 6) is 0.781. The van der Waals surface area contributed by atoms with Gasteiger partial charge >= 0.3 is 5.97 Å². The van der Waals surface area contributed by atoms with Crippen molar-refractivity contribution in [2.75, 3.05) is 13.7 Å². The first-order valence-corrected chi connectivity index (χ1v) is 15.4. The molecule has 5 nitrogen and oxygen atoms in total. The van der Waals surface area contributed by atoms with Crippen LogP contribution in [0, 0.1) is 40.4 Å². The maximum absolute atomic E-state index is 13.3. The van der Waals surface area contributed by atoms with Crippen molar-refractivity contribution in [1.29, 1.82) is 0 Å². The van der Waals surface area contributed by atoms with Crippen molar-refractivity contribution >= 4 is 17.7 Å². The molecule has 2 bridgehead atoms. The van der Waals surface area contributed by atoms with Crippen molar-refractivity contribution < 1.29 is 24.1 Å². The number of fused-ring (bicyclic) bond motifs is 3. The van der Waals surface area contributed by atoms with E-state index in [1.54, 1.807) is 0 Å². The Morgan fingerprint density at radius 2 is 1.89 bits per heavy atom. The molecule has 1 heterocycles. The van der Waals surface area contributed by atoms with E-state index in [9.17, 15) is 9.90 Å². The van der Waals surface area contributed by atoms with Crippen molar-refractivity contribution in [1.82, 2.24) is 0 Å². The molecule has 6 rings (SSSR count). The first-order chi connectivity index (χ1) is 17.8. The Kier molecular flexibility index (Phi) is 6.74. The molecule has 0 amide bonds. The lowest BCUT2D eigenvalue weighted by Gasteiger charge is -2.66. The Morgan fingerprint density at radius 3 is 2.62 bits per heavy atom. The van der Waals surface area contributed by atoms with Crippen molar-refractivity contribution in [2.45, 2.75) is 100 Å². The first kappa shape index (κ1) is 26.2. The van der Waals surface area contributed by atoms with Crippen molar-refractivity contribution in [3.05, 3.63) is 30.3 Å². The quantitative estimate of drug-likeness (QED) is 0.467. The maximum atomic E-state index is 13.3. The van der Waals surface area contributed by atoms with Crippen LogP contribution in [0.25, 0.3) is 0 Å². The SMILES string of the molecule is CCOC(=O)[C@@H]1C(O)O[C@]23C[C@@H](Sc4ccccc4)[C@H]1[C@@]2(C)CC[C@H]1[C@H]3CC[C@H]2C[C@@H](OC)CC[C@@]21C. The second-order valence-corrected chi connectivity index (χ2v) is 14.3. The zero-order valence-electron chi connectivity index (χ0n) is 22.9. The van der Waals surface area contributed by atoms with Gasteiger partial charge in [-0.2, -0.15) is 0 Å². The summed E-state index contributed by atoms with van der Waals surface area (Å²) in [5.41, 5.74) is -0.272. The topological polar surface area (TPSA) is 65.0 Å². The summed E-state index contributed by atoms with van der Waals surface area (Å²) < 4.78 is 18.2. The third-order valence-corrected chi connectivity index (χ3v) is 13.1. The summed E-state index contributed by atoms with van der Waals surface area (Å²) >= 11 is 1.88. The third-order valence-electron chi connectivity index (χ3n) is 11.8. The second-order valence-electron chi connectivity index (χ2n) is 13.0. The number of hydrogen-bond acceptors (Lipinski definition) is 6. The lowest BCUT2D eigenvalue weighted by atomic mass is 9.42. The van der Waals surface area contributed by atoms with Crippen LogP contribution in [0.4, 0.5) is 0 Å². The molecule has 1 aliphatic heterocycles. The van der Waals surface area contributed by atoms with Crippen LogP contribution < -0.4 is 0 Å². The zero-order chi connectivity index (χ0) is 26.0. The van der Waals surface area contributed by atoms with Crippen LogP contribution in [0.3, 0.4) is 0 Å². The highest BCUT2D eigenvalue weighted by Gasteiger charge is 2.76. The molecule has 1 N–H and O–H groups in total. The zero-order valence-corrected chi connectivity index (χ0v) is 23.7. The molecule has 4 saturated carbocycles. The summed E-state index contributed by atoms with van der Waals surface area (Å²) in [5, 5.41) is 11.7. The fourth-order valence-electron chi connectivity index (χ4n) is 10.1. The van der Waals surface area contributed by atoms with Crippen molar-refractivity contribution in [2.24, 2.45) is 40.4 Å². The molecule has 1 aromatic carbocycles. The lowest BCUT2D eigenvalue weighted by Crippen LogP contribution is -2.68. The number of carbonyl (C=O) groups excluding carboxylic acids is 1. The fourth-order valence-corrected chi connectivity index (χ4v) is 11.7. The Hall–Kier alpha value is -1.08. The molecule has 1 aromatic rings. The first-order valence-electron chi connectivity index (χ1n) is 14.5. The molecule has 0 radical (unpaired) electrons. The number of ether oxygens (including phenoxy) is 3. The number of hydrogen-bond donors (Lipinski definition) is 1. The average molecular weight is 529 g/mol. The summed E-state index contributed by atoms with van der Waals surface area (Å²) in [6, 6.07) is 10.5. The van der Waals surface area contributed by atoms with Gasteiger partial charge in [0.15, 0.2) is 6.29 Å². The van der Waals surface area contributed by atoms with Gasteiger partial charge in [0.05, 0.1) is 18.3 Å². The third kappa shape index (κ3) is 3.79. The average Bonchev–Trinajstić information content (AvgIpc) is 3.03. The number of esters is 1. The van der Waals surface area contributed by atoms with Crippen LogP contribution in [-0.4, -0.2) is 48.0 Å². The standard InChI is InChI=1S/C31H44O5S/c1-5-35-27(32)25-26-24(37-21-9-7-6-8-10-21)18-31(36-28(25)33)23-12-11-19-17-20(34-4)13-15-29(19,2)22(23)14-16-30(26,31)3/h6-10,19-20,22-26,28,33H,5,11-18H2,1-4H3/t19-,20-,22-,23+,24+,25+,26+,28?,29-,30+,31-/m0/s1. The van der Waals surface area contributed by atoms with Gasteiger partial charge in [-0.3, -0.25) is 4.79 Å². The van der Waals surface area contributed by atoms with E-state index in [0.29, 0.717) is 35.9 Å². The number of aliphatic hydroxyl groups excluding tert-OH is 1. The molecule has 0 spiro atoms. The van der Waals surface area contributed by atoms with E-state index in [1.807, 2.05) is 31.9 Å². The molecular weight excluding hydrogens is 484 g/mol. The molecule has 5 aliphatic rings. The molecule has 1 unspecified atom stereocenters. The Morgan fingerprint density at radius 1 is 1.11 bits per heavy atom. The normalized spacial score (nSPS) is 48.5. The van der Waals surface area contributed by atoms with E-state index < -0.39 is 17.8 Å². The molecular formula is C31H44O5S. The molecule has 0 aromatic heterocycles. The molecule has 6 heteroatoms. The largest absolute Gasteiger partial charge is 0.466 e. The van der Waals surface area contributed by atoms with E-state index in [1.165, 1.54) is 30.6 Å². The minimum Gasteiger partial charge on any atom is -0.466 e. The summed E-state index contributed by atoms with van der Waals surface area (Å²) in [4.78, 5) is 14.5. The van der Waals surface area contributed by atoms with E-state index in [0.717, 1.165) is 25.7 Å². The number of rotatable bonds is 5. The van der Waals surface area contributed by atoms with Crippen LogP contribution in [0.5, 0.6) is 0 Å². The minimum atomic E-state index is -1.10. The van der Waals surface area contributed by atoms with Gasteiger partial charge in [0.1, 0.15) is 5.92 Å². The van der Waals surface area contributed by atoms with Crippen LogP contribution >= 0.6 is 11.8 Å². The van der Waals surface area contributed by atoms with Crippen molar-refractivity contribution in [3.8, 4) is 0 Å². The Bertz CT molecular complexity index is 1000. The number of benzene rings is 1. The summed E-state index contributed by atoms with van der Waals surface area (Å²) in [6.07, 6.45) is 8.28. The van der Waals surface area contributed by atoms with Crippen molar-refractivity contribution in [3.63, 3.8) is 0 Å². The molecule has 4 aliphatic carbocycles. The van der Waals surface area contributed by atoms with E-state index in [-0.39, 0.29) is 22.6 Å². The predicted molar refractivity (Wildman–Crippen MR) is 144 cm³/mol. The van der Waals surface area contributed by atoms with Gasteiger partial charge in [-0.15, -0.1) is 11.8 Å². The van der Waals surface area contributed by atoms with Gasteiger partial charge in [-0.25, -0.2) is 0 Å². The van der Waals surface area contributed by atoms with Gasteiger partial charge in [0.2, 0.25) is 0 Å². The van der Waals surface area contributed by atoms with Gasteiger partial charge in [-0.05, 0) is 99.5 Å². The number of thioether (sulfide) groups is 1. The summed E-state index contributed by atoms with van der Waals surface area (Å²) in [6.45, 7) is 7.09. The highest BCUT2D eigenvalue weighted by atomic mass is 32.2.